The molecule has 0 unspecified atom stereocenters. The van der Waals surface area contributed by atoms with Gasteiger partial charge in [-0.05, 0) is 67.1 Å². The van der Waals surface area contributed by atoms with Gasteiger partial charge in [0.15, 0.2) is 0 Å². The highest BCUT2D eigenvalue weighted by atomic mass is 35.5. The molecule has 0 radical (unpaired) electrons. The van der Waals surface area contributed by atoms with Crippen LogP contribution in [0.15, 0.2) is 66.7 Å². The van der Waals surface area contributed by atoms with E-state index in [2.05, 4.69) is 22.5 Å². The molecule has 0 aliphatic carbocycles. The fourth-order valence-electron chi connectivity index (χ4n) is 4.25. The Labute approximate surface area is 216 Å². The third-order valence-electron chi connectivity index (χ3n) is 6.34. The number of halogens is 2. The summed E-state index contributed by atoms with van der Waals surface area (Å²) in [5, 5.41) is 6.65. The molecule has 182 valence electrons. The average molecular weight is 510 g/mol. The summed E-state index contributed by atoms with van der Waals surface area (Å²) < 4.78 is 0. The van der Waals surface area contributed by atoms with Crippen LogP contribution in [0.5, 0.6) is 0 Å². The zero-order valence-electron chi connectivity index (χ0n) is 19.7. The molecule has 1 fully saturated rings. The number of benzene rings is 3. The fraction of sp³-hybridized carbons (Fsp3) is 0.286. The molecule has 3 aromatic carbocycles. The van der Waals surface area contributed by atoms with E-state index in [9.17, 15) is 9.59 Å². The van der Waals surface area contributed by atoms with Gasteiger partial charge >= 0.3 is 0 Å². The summed E-state index contributed by atoms with van der Waals surface area (Å²) in [6.45, 7) is 4.58. The van der Waals surface area contributed by atoms with Gasteiger partial charge < -0.3 is 15.5 Å². The molecule has 2 N–H and O–H groups in total. The zero-order valence-corrected chi connectivity index (χ0v) is 21.2. The van der Waals surface area contributed by atoms with Crippen LogP contribution in [0.1, 0.15) is 46.0 Å². The molecule has 1 heterocycles. The lowest BCUT2D eigenvalue weighted by Gasteiger charge is -2.33. The summed E-state index contributed by atoms with van der Waals surface area (Å²) >= 11 is 12.2. The van der Waals surface area contributed by atoms with E-state index >= 15 is 0 Å². The van der Waals surface area contributed by atoms with Crippen LogP contribution < -0.4 is 15.5 Å². The van der Waals surface area contributed by atoms with Gasteiger partial charge in [-0.3, -0.25) is 9.59 Å². The van der Waals surface area contributed by atoms with Crippen molar-refractivity contribution in [2.75, 3.05) is 29.9 Å². The Morgan fingerprint density at radius 1 is 0.914 bits per heavy atom. The van der Waals surface area contributed by atoms with E-state index in [1.54, 1.807) is 18.2 Å². The fourth-order valence-corrected chi connectivity index (χ4v) is 4.75. The van der Waals surface area contributed by atoms with E-state index in [0.717, 1.165) is 38.0 Å². The highest BCUT2D eigenvalue weighted by Gasteiger charge is 2.22. The second-order valence-electron chi connectivity index (χ2n) is 8.97. The van der Waals surface area contributed by atoms with Gasteiger partial charge in [-0.1, -0.05) is 60.5 Å². The molecule has 0 bridgehead atoms. The zero-order chi connectivity index (χ0) is 24.8. The Hall–Kier alpha value is -3.02. The minimum absolute atomic E-state index is 0.157. The first-order chi connectivity index (χ1) is 16.9. The SMILES string of the molecule is CC1CCN(c2ccc(NC(=O)c3ccc(Cl)cc3Cl)cc2C(=O)NCCc2ccccc2)CC1. The van der Waals surface area contributed by atoms with Crippen LogP contribution in [0, 0.1) is 5.92 Å². The molecule has 0 atom stereocenters. The largest absolute Gasteiger partial charge is 0.371 e. The van der Waals surface area contributed by atoms with E-state index in [1.165, 1.54) is 11.6 Å². The van der Waals surface area contributed by atoms with Gasteiger partial charge in [0.25, 0.3) is 11.8 Å². The first kappa shape index (κ1) is 25.1. The Bertz CT molecular complexity index is 1190. The molecule has 0 saturated carbocycles. The van der Waals surface area contributed by atoms with E-state index in [1.807, 2.05) is 42.5 Å². The van der Waals surface area contributed by atoms with Gasteiger partial charge in [0.05, 0.1) is 16.1 Å². The van der Waals surface area contributed by atoms with Crippen molar-refractivity contribution in [2.24, 2.45) is 5.92 Å². The minimum Gasteiger partial charge on any atom is -0.371 e. The normalized spacial score (nSPS) is 14.0. The maximum absolute atomic E-state index is 13.3. The van der Waals surface area contributed by atoms with Crippen molar-refractivity contribution in [3.05, 3.63) is 93.5 Å². The third-order valence-corrected chi connectivity index (χ3v) is 6.89. The number of hydrogen-bond acceptors (Lipinski definition) is 3. The van der Waals surface area contributed by atoms with Crippen molar-refractivity contribution < 1.29 is 9.59 Å². The second kappa shape index (κ2) is 11.6. The second-order valence-corrected chi connectivity index (χ2v) is 9.81. The van der Waals surface area contributed by atoms with Gasteiger partial charge in [0.2, 0.25) is 0 Å². The quantitative estimate of drug-likeness (QED) is 0.384. The minimum atomic E-state index is -0.360. The van der Waals surface area contributed by atoms with Crippen molar-refractivity contribution in [1.82, 2.24) is 5.32 Å². The molecule has 1 aliphatic rings. The highest BCUT2D eigenvalue weighted by Crippen LogP contribution is 2.29. The smallest absolute Gasteiger partial charge is 0.257 e. The first-order valence-corrected chi connectivity index (χ1v) is 12.6. The lowest BCUT2D eigenvalue weighted by Crippen LogP contribution is -2.35. The van der Waals surface area contributed by atoms with Crippen molar-refractivity contribution in [1.29, 1.82) is 0 Å². The number of anilines is 2. The molecule has 1 aliphatic heterocycles. The summed E-state index contributed by atoms with van der Waals surface area (Å²) in [4.78, 5) is 28.4. The summed E-state index contributed by atoms with van der Waals surface area (Å²) in [5.41, 5.74) is 3.45. The lowest BCUT2D eigenvalue weighted by molar-refractivity contribution is 0.0953. The summed E-state index contributed by atoms with van der Waals surface area (Å²) in [6, 6.07) is 20.3. The maximum atomic E-state index is 13.3. The predicted molar refractivity (Wildman–Crippen MR) is 144 cm³/mol. The number of carbonyl (C=O) groups is 2. The summed E-state index contributed by atoms with van der Waals surface area (Å²) in [7, 11) is 0. The maximum Gasteiger partial charge on any atom is 0.257 e. The Morgan fingerprint density at radius 3 is 2.37 bits per heavy atom. The number of rotatable bonds is 7. The summed E-state index contributed by atoms with van der Waals surface area (Å²) in [6.07, 6.45) is 2.92. The van der Waals surface area contributed by atoms with Crippen molar-refractivity contribution in [3.63, 3.8) is 0 Å². The average Bonchev–Trinajstić information content (AvgIpc) is 2.85. The topological polar surface area (TPSA) is 61.4 Å². The highest BCUT2D eigenvalue weighted by molar-refractivity contribution is 6.37. The standard InChI is InChI=1S/C28H29Cl2N3O2/c1-19-12-15-33(16-13-19)26-10-8-22(32-28(35)23-9-7-21(29)17-25(23)30)18-24(26)27(34)31-14-11-20-5-3-2-4-6-20/h2-10,17-19H,11-16H2,1H3,(H,31,34)(H,32,35). The van der Waals surface area contributed by atoms with Crippen molar-refractivity contribution in [3.8, 4) is 0 Å². The molecule has 0 aromatic heterocycles. The monoisotopic (exact) mass is 509 g/mol. The van der Waals surface area contributed by atoms with Gasteiger partial charge in [0.1, 0.15) is 0 Å². The van der Waals surface area contributed by atoms with E-state index in [-0.39, 0.29) is 16.8 Å². The lowest BCUT2D eigenvalue weighted by atomic mass is 9.97. The number of nitrogens with zero attached hydrogens (tertiary/aromatic N) is 1. The van der Waals surface area contributed by atoms with E-state index in [0.29, 0.717) is 34.3 Å². The number of hydrogen-bond donors (Lipinski definition) is 2. The molecule has 2 amide bonds. The summed E-state index contributed by atoms with van der Waals surface area (Å²) in [5.74, 6) is 0.161. The molecule has 4 rings (SSSR count). The number of amides is 2. The molecule has 0 spiro atoms. The number of piperidine rings is 1. The van der Waals surface area contributed by atoms with E-state index in [4.69, 9.17) is 23.2 Å². The third kappa shape index (κ3) is 6.56. The van der Waals surface area contributed by atoms with Crippen LogP contribution in [0.2, 0.25) is 10.0 Å². The van der Waals surface area contributed by atoms with Gasteiger partial charge in [0, 0.05) is 36.0 Å². The van der Waals surface area contributed by atoms with Crippen molar-refractivity contribution >= 4 is 46.4 Å². The van der Waals surface area contributed by atoms with Gasteiger partial charge in [-0.25, -0.2) is 0 Å². The van der Waals surface area contributed by atoms with E-state index < -0.39 is 0 Å². The molecular formula is C28H29Cl2N3O2. The number of carbonyl (C=O) groups excluding carboxylic acids is 2. The van der Waals surface area contributed by atoms with Gasteiger partial charge in [-0.15, -0.1) is 0 Å². The predicted octanol–water partition coefficient (Wildman–Crippen LogP) is 6.45. The van der Waals surface area contributed by atoms with Crippen LogP contribution in [-0.4, -0.2) is 31.4 Å². The molecule has 3 aromatic rings. The van der Waals surface area contributed by atoms with Crippen LogP contribution >= 0.6 is 23.2 Å². The Morgan fingerprint density at radius 2 is 1.66 bits per heavy atom. The van der Waals surface area contributed by atoms with Crippen LogP contribution in [0.3, 0.4) is 0 Å². The molecule has 5 nitrogen and oxygen atoms in total. The molecular weight excluding hydrogens is 481 g/mol. The molecule has 7 heteroatoms. The van der Waals surface area contributed by atoms with Crippen molar-refractivity contribution in [2.45, 2.75) is 26.2 Å². The van der Waals surface area contributed by atoms with Gasteiger partial charge in [-0.2, -0.15) is 0 Å². The molecule has 35 heavy (non-hydrogen) atoms. The number of nitrogens with one attached hydrogen (secondary N) is 2. The van der Waals surface area contributed by atoms with Crippen LogP contribution in [0.4, 0.5) is 11.4 Å². The van der Waals surface area contributed by atoms with Crippen LogP contribution in [0.25, 0.3) is 0 Å². The molecule has 1 saturated heterocycles. The Balaban J connectivity index is 1.54. The van der Waals surface area contributed by atoms with Crippen LogP contribution in [-0.2, 0) is 6.42 Å². The Kier molecular flexibility index (Phi) is 8.32. The first-order valence-electron chi connectivity index (χ1n) is 11.9.